The SMILES string of the molecule is C[C@@H]([C]=O)NC(=O)N(C(=O)N1CCSCC1)c1ccccc1. The Bertz CT molecular complexity index is 532. The zero-order chi connectivity index (χ0) is 15.9. The lowest BCUT2D eigenvalue weighted by Crippen LogP contribution is -2.54. The third-order valence-electron chi connectivity index (χ3n) is 3.21. The number of benzene rings is 1. The summed E-state index contributed by atoms with van der Waals surface area (Å²) < 4.78 is 0. The summed E-state index contributed by atoms with van der Waals surface area (Å²) >= 11 is 1.78. The average molecular weight is 320 g/mol. The van der Waals surface area contributed by atoms with Crippen LogP contribution in [0, 0.1) is 0 Å². The molecule has 1 aromatic rings. The Labute approximate surface area is 133 Å². The summed E-state index contributed by atoms with van der Waals surface area (Å²) in [6.45, 7) is 2.72. The van der Waals surface area contributed by atoms with Gasteiger partial charge in [0.2, 0.25) is 6.29 Å². The Balaban J connectivity index is 2.22. The summed E-state index contributed by atoms with van der Waals surface area (Å²) in [5.41, 5.74) is 0.473. The first kappa shape index (κ1) is 16.4. The van der Waals surface area contributed by atoms with E-state index >= 15 is 0 Å². The normalized spacial score (nSPS) is 15.8. The quantitative estimate of drug-likeness (QED) is 0.923. The summed E-state index contributed by atoms with van der Waals surface area (Å²) in [6, 6.07) is 6.92. The molecule has 2 rings (SSSR count). The number of nitrogens with one attached hydrogen (secondary N) is 1. The molecule has 1 radical (unpaired) electrons. The van der Waals surface area contributed by atoms with Crippen molar-refractivity contribution >= 4 is 35.8 Å². The van der Waals surface area contributed by atoms with E-state index in [9.17, 15) is 14.4 Å². The molecule has 22 heavy (non-hydrogen) atoms. The van der Waals surface area contributed by atoms with E-state index in [0.717, 1.165) is 16.4 Å². The Morgan fingerprint density at radius 3 is 2.50 bits per heavy atom. The van der Waals surface area contributed by atoms with E-state index in [1.54, 1.807) is 47.2 Å². The molecular weight excluding hydrogens is 302 g/mol. The van der Waals surface area contributed by atoms with E-state index < -0.39 is 12.1 Å². The Kier molecular flexibility index (Phi) is 5.83. The minimum absolute atomic E-state index is 0.373. The number of rotatable bonds is 3. The molecule has 1 N–H and O–H groups in total. The number of hydrogen-bond donors (Lipinski definition) is 1. The minimum Gasteiger partial charge on any atom is -0.327 e. The summed E-state index contributed by atoms with van der Waals surface area (Å²) in [7, 11) is 0. The van der Waals surface area contributed by atoms with Crippen LogP contribution >= 0.6 is 11.8 Å². The van der Waals surface area contributed by atoms with Crippen LogP contribution in [0.3, 0.4) is 0 Å². The highest BCUT2D eigenvalue weighted by Crippen LogP contribution is 2.18. The summed E-state index contributed by atoms with van der Waals surface area (Å²) in [6.07, 6.45) is 1.68. The van der Waals surface area contributed by atoms with Crippen LogP contribution in [-0.2, 0) is 4.79 Å². The number of hydrogen-bond acceptors (Lipinski definition) is 4. The van der Waals surface area contributed by atoms with Gasteiger partial charge in [0, 0.05) is 24.6 Å². The lowest BCUT2D eigenvalue weighted by Gasteiger charge is -2.32. The topological polar surface area (TPSA) is 69.7 Å². The predicted molar refractivity (Wildman–Crippen MR) is 86.9 cm³/mol. The van der Waals surface area contributed by atoms with Crippen molar-refractivity contribution in [3.05, 3.63) is 30.3 Å². The van der Waals surface area contributed by atoms with Crippen LogP contribution < -0.4 is 10.2 Å². The van der Waals surface area contributed by atoms with Crippen LogP contribution in [0.15, 0.2) is 30.3 Å². The van der Waals surface area contributed by atoms with Gasteiger partial charge in [-0.1, -0.05) is 18.2 Å². The van der Waals surface area contributed by atoms with Crippen molar-refractivity contribution in [3.63, 3.8) is 0 Å². The highest BCUT2D eigenvalue weighted by atomic mass is 32.2. The molecule has 7 heteroatoms. The van der Waals surface area contributed by atoms with Crippen molar-refractivity contribution in [3.8, 4) is 0 Å². The number of carbonyl (C=O) groups is 2. The second-order valence-electron chi connectivity index (χ2n) is 4.84. The lowest BCUT2D eigenvalue weighted by atomic mass is 10.3. The molecule has 1 fully saturated rings. The fourth-order valence-electron chi connectivity index (χ4n) is 2.07. The van der Waals surface area contributed by atoms with Crippen molar-refractivity contribution in [2.24, 2.45) is 0 Å². The molecule has 0 unspecified atom stereocenters. The smallest absolute Gasteiger partial charge is 0.327 e. The first-order valence-electron chi connectivity index (χ1n) is 7.03. The lowest BCUT2D eigenvalue weighted by molar-refractivity contribution is 0.206. The van der Waals surface area contributed by atoms with Gasteiger partial charge in [0.25, 0.3) is 0 Å². The summed E-state index contributed by atoms with van der Waals surface area (Å²) in [4.78, 5) is 38.4. The molecule has 0 bridgehead atoms. The molecule has 4 amide bonds. The Morgan fingerprint density at radius 2 is 1.91 bits per heavy atom. The maximum Gasteiger partial charge on any atom is 0.332 e. The van der Waals surface area contributed by atoms with Crippen molar-refractivity contribution in [2.75, 3.05) is 29.5 Å². The van der Waals surface area contributed by atoms with Gasteiger partial charge in [0.1, 0.15) is 0 Å². The van der Waals surface area contributed by atoms with Crippen LogP contribution in [0.5, 0.6) is 0 Å². The molecule has 0 spiro atoms. The monoisotopic (exact) mass is 320 g/mol. The molecule has 0 aromatic heterocycles. The van der Waals surface area contributed by atoms with Crippen LogP contribution in [-0.4, -0.2) is 53.9 Å². The van der Waals surface area contributed by atoms with Gasteiger partial charge in [-0.05, 0) is 19.1 Å². The molecule has 1 heterocycles. The predicted octanol–water partition coefficient (Wildman–Crippen LogP) is 1.87. The average Bonchev–Trinajstić information content (AvgIpc) is 2.56. The molecule has 1 aliphatic heterocycles. The minimum atomic E-state index is -0.775. The highest BCUT2D eigenvalue weighted by Gasteiger charge is 2.29. The molecule has 117 valence electrons. The molecule has 6 nitrogen and oxygen atoms in total. The highest BCUT2D eigenvalue weighted by molar-refractivity contribution is 7.99. The number of thioether (sulfide) groups is 1. The van der Waals surface area contributed by atoms with E-state index in [1.807, 2.05) is 6.07 Å². The number of carbonyl (C=O) groups excluding carboxylic acids is 3. The number of para-hydroxylation sites is 1. The molecule has 1 aliphatic rings. The zero-order valence-electron chi connectivity index (χ0n) is 12.3. The van der Waals surface area contributed by atoms with E-state index in [4.69, 9.17) is 0 Å². The zero-order valence-corrected chi connectivity index (χ0v) is 13.1. The first-order chi connectivity index (χ1) is 10.6. The van der Waals surface area contributed by atoms with Crippen molar-refractivity contribution in [1.29, 1.82) is 0 Å². The van der Waals surface area contributed by atoms with Gasteiger partial charge in [-0.2, -0.15) is 11.8 Å². The molecule has 0 aliphatic carbocycles. The third-order valence-corrected chi connectivity index (χ3v) is 4.15. The van der Waals surface area contributed by atoms with Crippen LogP contribution in [0.2, 0.25) is 0 Å². The maximum atomic E-state index is 12.7. The largest absolute Gasteiger partial charge is 0.332 e. The van der Waals surface area contributed by atoms with E-state index in [2.05, 4.69) is 5.32 Å². The summed E-state index contributed by atoms with van der Waals surface area (Å²) in [5, 5.41) is 2.46. The Morgan fingerprint density at radius 1 is 1.27 bits per heavy atom. The second kappa shape index (κ2) is 7.84. The van der Waals surface area contributed by atoms with Crippen molar-refractivity contribution < 1.29 is 14.4 Å². The second-order valence-corrected chi connectivity index (χ2v) is 6.07. The molecular formula is C15H18N3O3S. The fraction of sp³-hybridized carbons (Fsp3) is 0.400. The fourth-order valence-corrected chi connectivity index (χ4v) is 2.97. The van der Waals surface area contributed by atoms with E-state index in [0.29, 0.717) is 18.8 Å². The van der Waals surface area contributed by atoms with Crippen molar-refractivity contribution in [1.82, 2.24) is 10.2 Å². The summed E-state index contributed by atoms with van der Waals surface area (Å²) in [5.74, 6) is 1.71. The molecule has 1 saturated heterocycles. The standard InChI is InChI=1S/C15H18N3O3S/c1-12(11-19)16-14(20)18(13-5-3-2-4-6-13)15(21)17-7-9-22-10-8-17/h2-6,12H,7-10H2,1H3,(H,16,20)/t12-/m0/s1. The van der Waals surface area contributed by atoms with Crippen LogP contribution in [0.25, 0.3) is 0 Å². The van der Waals surface area contributed by atoms with Gasteiger partial charge < -0.3 is 10.2 Å². The van der Waals surface area contributed by atoms with E-state index in [-0.39, 0.29) is 6.03 Å². The maximum absolute atomic E-state index is 12.7. The van der Waals surface area contributed by atoms with E-state index in [1.165, 1.54) is 6.92 Å². The molecule has 1 aromatic carbocycles. The van der Waals surface area contributed by atoms with Gasteiger partial charge >= 0.3 is 12.1 Å². The molecule has 0 saturated carbocycles. The van der Waals surface area contributed by atoms with Crippen molar-refractivity contribution in [2.45, 2.75) is 13.0 Å². The first-order valence-corrected chi connectivity index (χ1v) is 8.19. The number of nitrogens with zero attached hydrogens (tertiary/aromatic N) is 2. The number of amides is 4. The van der Waals surface area contributed by atoms with Gasteiger partial charge in [0.05, 0.1) is 11.7 Å². The van der Waals surface area contributed by atoms with Gasteiger partial charge in [-0.15, -0.1) is 0 Å². The van der Waals surface area contributed by atoms with Gasteiger partial charge in [0.15, 0.2) is 0 Å². The Hall–Kier alpha value is -2.02. The third kappa shape index (κ3) is 4.00. The van der Waals surface area contributed by atoms with Gasteiger partial charge in [-0.3, -0.25) is 4.79 Å². The number of imide groups is 1. The number of anilines is 1. The van der Waals surface area contributed by atoms with Gasteiger partial charge in [-0.25, -0.2) is 14.5 Å². The van der Waals surface area contributed by atoms with Crippen LogP contribution in [0.4, 0.5) is 15.3 Å². The molecule has 1 atom stereocenters. The van der Waals surface area contributed by atoms with Crippen LogP contribution in [0.1, 0.15) is 6.92 Å². The number of urea groups is 2.